The molecule has 0 radical (unpaired) electrons. The fourth-order valence-electron chi connectivity index (χ4n) is 3.28. The van der Waals surface area contributed by atoms with E-state index in [-0.39, 0.29) is 11.8 Å². The SMILES string of the molecule is COc1cccc(/C=C/C(=O)NNC(=O)CCN2CCN(c3ccccc3)CC2)c1. The first-order valence-electron chi connectivity index (χ1n) is 10.1. The fourth-order valence-corrected chi connectivity index (χ4v) is 3.28. The summed E-state index contributed by atoms with van der Waals surface area (Å²) in [4.78, 5) is 28.5. The Labute approximate surface area is 177 Å². The zero-order valence-corrected chi connectivity index (χ0v) is 17.2. The van der Waals surface area contributed by atoms with Crippen molar-refractivity contribution in [2.24, 2.45) is 0 Å². The van der Waals surface area contributed by atoms with Gasteiger partial charge in [-0.05, 0) is 35.9 Å². The van der Waals surface area contributed by atoms with Crippen molar-refractivity contribution in [1.82, 2.24) is 15.8 Å². The number of nitrogens with one attached hydrogen (secondary N) is 2. The summed E-state index contributed by atoms with van der Waals surface area (Å²) in [5.74, 6) is 0.127. The molecule has 0 bridgehead atoms. The second-order valence-corrected chi connectivity index (χ2v) is 7.06. The van der Waals surface area contributed by atoms with Gasteiger partial charge in [0.25, 0.3) is 5.91 Å². The first kappa shape index (κ1) is 21.4. The van der Waals surface area contributed by atoms with Gasteiger partial charge in [0, 0.05) is 50.9 Å². The third kappa shape index (κ3) is 6.63. The third-order valence-corrected chi connectivity index (χ3v) is 4.99. The van der Waals surface area contributed by atoms with E-state index in [1.165, 1.54) is 11.8 Å². The molecular formula is C23H28N4O3. The van der Waals surface area contributed by atoms with Gasteiger partial charge in [-0.2, -0.15) is 0 Å². The summed E-state index contributed by atoms with van der Waals surface area (Å²) in [7, 11) is 1.59. The van der Waals surface area contributed by atoms with Crippen LogP contribution < -0.4 is 20.5 Å². The van der Waals surface area contributed by atoms with Crippen LogP contribution in [0.3, 0.4) is 0 Å². The van der Waals surface area contributed by atoms with E-state index >= 15 is 0 Å². The normalized spacial score (nSPS) is 14.5. The van der Waals surface area contributed by atoms with Crippen LogP contribution in [0.5, 0.6) is 5.75 Å². The molecule has 0 aromatic heterocycles. The minimum atomic E-state index is -0.386. The van der Waals surface area contributed by atoms with E-state index < -0.39 is 0 Å². The Kier molecular flexibility index (Phi) is 7.86. The lowest BCUT2D eigenvalue weighted by Crippen LogP contribution is -2.48. The molecule has 2 amide bonds. The monoisotopic (exact) mass is 408 g/mol. The van der Waals surface area contributed by atoms with Crippen molar-refractivity contribution in [2.75, 3.05) is 44.7 Å². The van der Waals surface area contributed by atoms with Gasteiger partial charge in [-0.1, -0.05) is 30.3 Å². The van der Waals surface area contributed by atoms with Gasteiger partial charge in [0.15, 0.2) is 0 Å². The van der Waals surface area contributed by atoms with Gasteiger partial charge in [-0.25, -0.2) is 0 Å². The number of piperazine rings is 1. The van der Waals surface area contributed by atoms with E-state index in [9.17, 15) is 9.59 Å². The van der Waals surface area contributed by atoms with Crippen LogP contribution in [0.2, 0.25) is 0 Å². The highest BCUT2D eigenvalue weighted by atomic mass is 16.5. The molecule has 1 fully saturated rings. The highest BCUT2D eigenvalue weighted by molar-refractivity contribution is 5.93. The number of carbonyl (C=O) groups is 2. The van der Waals surface area contributed by atoms with Gasteiger partial charge >= 0.3 is 0 Å². The van der Waals surface area contributed by atoms with E-state index in [0.717, 1.165) is 37.5 Å². The van der Waals surface area contributed by atoms with Gasteiger partial charge in [-0.15, -0.1) is 0 Å². The maximum absolute atomic E-state index is 12.0. The van der Waals surface area contributed by atoms with Crippen molar-refractivity contribution in [3.8, 4) is 5.75 Å². The number of nitrogens with zero attached hydrogens (tertiary/aromatic N) is 2. The highest BCUT2D eigenvalue weighted by Crippen LogP contribution is 2.15. The van der Waals surface area contributed by atoms with Crippen LogP contribution in [-0.4, -0.2) is 56.5 Å². The summed E-state index contributed by atoms with van der Waals surface area (Å²) in [6.45, 7) is 4.38. The van der Waals surface area contributed by atoms with Crippen LogP contribution in [0.25, 0.3) is 6.08 Å². The predicted octanol–water partition coefficient (Wildman–Crippen LogP) is 2.07. The lowest BCUT2D eigenvalue weighted by atomic mass is 10.2. The third-order valence-electron chi connectivity index (χ3n) is 4.99. The summed E-state index contributed by atoms with van der Waals surface area (Å²) in [6.07, 6.45) is 3.37. The number of para-hydroxylation sites is 1. The first-order valence-corrected chi connectivity index (χ1v) is 10.1. The topological polar surface area (TPSA) is 73.9 Å². The van der Waals surface area contributed by atoms with E-state index in [1.54, 1.807) is 13.2 Å². The predicted molar refractivity (Wildman–Crippen MR) is 118 cm³/mol. The van der Waals surface area contributed by atoms with Crippen molar-refractivity contribution >= 4 is 23.6 Å². The molecule has 7 nitrogen and oxygen atoms in total. The minimum Gasteiger partial charge on any atom is -0.497 e. The number of hydrogen-bond acceptors (Lipinski definition) is 5. The number of carbonyl (C=O) groups excluding carboxylic acids is 2. The fraction of sp³-hybridized carbons (Fsp3) is 0.304. The van der Waals surface area contributed by atoms with Crippen molar-refractivity contribution in [2.45, 2.75) is 6.42 Å². The zero-order valence-electron chi connectivity index (χ0n) is 17.2. The number of benzene rings is 2. The number of hydrazine groups is 1. The average molecular weight is 409 g/mol. The molecule has 2 aromatic rings. The van der Waals surface area contributed by atoms with Crippen molar-refractivity contribution < 1.29 is 14.3 Å². The molecule has 2 aromatic carbocycles. The number of amides is 2. The summed E-state index contributed by atoms with van der Waals surface area (Å²) in [6, 6.07) is 17.7. The molecule has 1 aliphatic heterocycles. The van der Waals surface area contributed by atoms with E-state index in [1.807, 2.05) is 42.5 Å². The molecule has 2 N–H and O–H groups in total. The summed E-state index contributed by atoms with van der Waals surface area (Å²) in [5.41, 5.74) is 6.95. The number of methoxy groups -OCH3 is 1. The molecule has 0 unspecified atom stereocenters. The van der Waals surface area contributed by atoms with Crippen LogP contribution in [0.4, 0.5) is 5.69 Å². The number of anilines is 1. The van der Waals surface area contributed by atoms with Gasteiger partial charge in [-0.3, -0.25) is 25.3 Å². The van der Waals surface area contributed by atoms with Crippen molar-refractivity contribution in [3.05, 3.63) is 66.2 Å². The Balaban J connectivity index is 1.33. The minimum absolute atomic E-state index is 0.205. The van der Waals surface area contributed by atoms with Crippen molar-refractivity contribution in [3.63, 3.8) is 0 Å². The summed E-state index contributed by atoms with van der Waals surface area (Å²) < 4.78 is 5.15. The number of hydrogen-bond donors (Lipinski definition) is 2. The largest absolute Gasteiger partial charge is 0.497 e. The van der Waals surface area contributed by atoms with E-state index in [0.29, 0.717) is 13.0 Å². The van der Waals surface area contributed by atoms with E-state index in [2.05, 4.69) is 32.8 Å². The molecule has 0 spiro atoms. The maximum atomic E-state index is 12.0. The Morgan fingerprint density at radius 2 is 1.77 bits per heavy atom. The molecular weight excluding hydrogens is 380 g/mol. The second-order valence-electron chi connectivity index (χ2n) is 7.06. The van der Waals surface area contributed by atoms with Crippen LogP contribution in [-0.2, 0) is 9.59 Å². The number of ether oxygens (including phenoxy) is 1. The maximum Gasteiger partial charge on any atom is 0.262 e. The molecule has 0 aliphatic carbocycles. The Bertz CT molecular complexity index is 862. The highest BCUT2D eigenvalue weighted by Gasteiger charge is 2.17. The molecule has 1 saturated heterocycles. The standard InChI is InChI=1S/C23H28N4O3/c1-30-21-9-5-6-19(18-21)10-11-22(28)24-25-23(29)12-13-26-14-16-27(17-15-26)20-7-3-2-4-8-20/h2-11,18H,12-17H2,1H3,(H,24,28)(H,25,29)/b11-10+. The Morgan fingerprint density at radius 1 is 1.00 bits per heavy atom. The van der Waals surface area contributed by atoms with Gasteiger partial charge in [0.1, 0.15) is 5.75 Å². The molecule has 7 heteroatoms. The lowest BCUT2D eigenvalue weighted by molar-refractivity contribution is -0.127. The van der Waals surface area contributed by atoms with Crippen molar-refractivity contribution in [1.29, 1.82) is 0 Å². The molecule has 1 aliphatic rings. The number of rotatable bonds is 7. The van der Waals surface area contributed by atoms with Crippen LogP contribution in [0, 0.1) is 0 Å². The van der Waals surface area contributed by atoms with Gasteiger partial charge < -0.3 is 9.64 Å². The van der Waals surface area contributed by atoms with Crippen LogP contribution in [0.1, 0.15) is 12.0 Å². The second kappa shape index (κ2) is 11.0. The Morgan fingerprint density at radius 3 is 2.50 bits per heavy atom. The molecule has 0 saturated carbocycles. The quantitative estimate of drug-likeness (QED) is 0.542. The molecule has 0 atom stereocenters. The zero-order chi connectivity index (χ0) is 21.2. The smallest absolute Gasteiger partial charge is 0.262 e. The molecule has 158 valence electrons. The molecule has 3 rings (SSSR count). The van der Waals surface area contributed by atoms with Gasteiger partial charge in [0.05, 0.1) is 7.11 Å². The lowest BCUT2D eigenvalue weighted by Gasteiger charge is -2.36. The first-order chi connectivity index (χ1) is 14.6. The summed E-state index contributed by atoms with van der Waals surface area (Å²) in [5, 5.41) is 0. The van der Waals surface area contributed by atoms with Gasteiger partial charge in [0.2, 0.25) is 5.91 Å². The average Bonchev–Trinajstić information content (AvgIpc) is 2.81. The van der Waals surface area contributed by atoms with Crippen LogP contribution >= 0.6 is 0 Å². The van der Waals surface area contributed by atoms with E-state index in [4.69, 9.17) is 4.74 Å². The molecule has 30 heavy (non-hydrogen) atoms. The summed E-state index contributed by atoms with van der Waals surface area (Å²) >= 11 is 0. The Hall–Kier alpha value is -3.32. The molecule has 1 heterocycles. The van der Waals surface area contributed by atoms with Crippen LogP contribution in [0.15, 0.2) is 60.7 Å².